The number of carbonyl (C=O) groups excluding carboxylic acids is 2. The van der Waals surface area contributed by atoms with Crippen LogP contribution in [0.5, 0.6) is 0 Å². The fourth-order valence-electron chi connectivity index (χ4n) is 3.99. The Bertz CT molecular complexity index is 973. The third kappa shape index (κ3) is 4.61. The summed E-state index contributed by atoms with van der Waals surface area (Å²) >= 11 is 0. The van der Waals surface area contributed by atoms with E-state index in [1.807, 2.05) is 18.2 Å². The Kier molecular flexibility index (Phi) is 5.97. The topological polar surface area (TPSA) is 64.7 Å². The quantitative estimate of drug-likeness (QED) is 0.819. The van der Waals surface area contributed by atoms with Gasteiger partial charge in [-0.25, -0.2) is 0 Å². The van der Waals surface area contributed by atoms with Gasteiger partial charge >= 0.3 is 0 Å². The molecule has 6 heteroatoms. The first kappa shape index (κ1) is 20.3. The second-order valence-corrected chi connectivity index (χ2v) is 8.08. The van der Waals surface area contributed by atoms with Crippen LogP contribution in [-0.4, -0.2) is 54.8 Å². The van der Waals surface area contributed by atoms with Crippen molar-refractivity contribution >= 4 is 23.6 Å². The zero-order chi connectivity index (χ0) is 21.1. The summed E-state index contributed by atoms with van der Waals surface area (Å²) in [7, 11) is 2.17. The summed E-state index contributed by atoms with van der Waals surface area (Å²) in [6, 6.07) is 14.2. The van der Waals surface area contributed by atoms with Crippen LogP contribution in [0.3, 0.4) is 0 Å². The maximum absolute atomic E-state index is 12.4. The molecule has 2 heterocycles. The van der Waals surface area contributed by atoms with E-state index in [1.54, 1.807) is 6.07 Å². The lowest BCUT2D eigenvalue weighted by Gasteiger charge is -2.32. The first-order chi connectivity index (χ1) is 14.5. The summed E-state index contributed by atoms with van der Waals surface area (Å²) in [6.07, 6.45) is 2.00. The monoisotopic (exact) mass is 404 g/mol. The number of hydrogen-bond donors (Lipinski definition) is 2. The molecule has 0 spiro atoms. The van der Waals surface area contributed by atoms with E-state index in [4.69, 9.17) is 0 Å². The number of piperazine rings is 1. The maximum atomic E-state index is 12.4. The molecule has 1 saturated heterocycles. The first-order valence-electron chi connectivity index (χ1n) is 10.4. The highest BCUT2D eigenvalue weighted by Gasteiger charge is 2.19. The number of imide groups is 1. The van der Waals surface area contributed by atoms with Crippen LogP contribution >= 0.6 is 0 Å². The van der Waals surface area contributed by atoms with Crippen molar-refractivity contribution in [1.29, 1.82) is 0 Å². The van der Waals surface area contributed by atoms with E-state index in [9.17, 15) is 9.59 Å². The summed E-state index contributed by atoms with van der Waals surface area (Å²) in [6.45, 7) is 7.41. The van der Waals surface area contributed by atoms with Crippen molar-refractivity contribution < 1.29 is 9.59 Å². The fourth-order valence-corrected chi connectivity index (χ4v) is 3.99. The Morgan fingerprint density at radius 1 is 1.03 bits per heavy atom. The minimum absolute atomic E-state index is 0.355. The van der Waals surface area contributed by atoms with Gasteiger partial charge in [-0.05, 0) is 41.4 Å². The van der Waals surface area contributed by atoms with E-state index in [-0.39, 0.29) is 11.8 Å². The molecule has 0 aliphatic carbocycles. The van der Waals surface area contributed by atoms with Crippen molar-refractivity contribution in [1.82, 2.24) is 20.4 Å². The second-order valence-electron chi connectivity index (χ2n) is 8.08. The van der Waals surface area contributed by atoms with Crippen molar-refractivity contribution in [3.63, 3.8) is 0 Å². The number of benzene rings is 2. The molecule has 6 nitrogen and oxygen atoms in total. The van der Waals surface area contributed by atoms with Crippen LogP contribution in [0.4, 0.5) is 0 Å². The summed E-state index contributed by atoms with van der Waals surface area (Å²) in [5.41, 5.74) is 5.81. The highest BCUT2D eigenvalue weighted by atomic mass is 16.2. The van der Waals surface area contributed by atoms with Crippen molar-refractivity contribution in [3.8, 4) is 0 Å². The number of amides is 2. The van der Waals surface area contributed by atoms with E-state index < -0.39 is 0 Å². The molecular weight excluding hydrogens is 376 g/mol. The highest BCUT2D eigenvalue weighted by Crippen LogP contribution is 2.27. The molecule has 0 aromatic heterocycles. The standard InChI is InChI=1S/C24H28N4O2/c1-17(29)26-24(30)21-5-3-4-20-15-25-23(14-22(20)21)19-8-6-18(7-9-19)16-28-12-10-27(2)11-13-28/h3-9,14,25H,10-13,15-16H2,1-2H3,(H,26,29,30). The van der Waals surface area contributed by atoms with Crippen LogP contribution in [-0.2, 0) is 17.9 Å². The molecule has 0 unspecified atom stereocenters. The van der Waals surface area contributed by atoms with E-state index in [1.165, 1.54) is 12.5 Å². The Hall–Kier alpha value is -2.96. The van der Waals surface area contributed by atoms with Gasteiger partial charge in [-0.2, -0.15) is 0 Å². The Morgan fingerprint density at radius 3 is 2.47 bits per heavy atom. The highest BCUT2D eigenvalue weighted by molar-refractivity contribution is 6.07. The fraction of sp³-hybridized carbons (Fsp3) is 0.333. The van der Waals surface area contributed by atoms with Gasteiger partial charge in [0, 0.05) is 57.5 Å². The van der Waals surface area contributed by atoms with Gasteiger partial charge in [-0.1, -0.05) is 36.4 Å². The molecule has 2 aromatic carbocycles. The molecule has 0 atom stereocenters. The van der Waals surface area contributed by atoms with Crippen molar-refractivity contribution in [2.24, 2.45) is 0 Å². The van der Waals surface area contributed by atoms with Gasteiger partial charge in [0.15, 0.2) is 0 Å². The average molecular weight is 405 g/mol. The van der Waals surface area contributed by atoms with Crippen molar-refractivity contribution in [2.75, 3.05) is 33.2 Å². The SMILES string of the molecule is CC(=O)NC(=O)c1cccc2c1C=C(c1ccc(CN3CCN(C)CC3)cc1)NC2. The summed E-state index contributed by atoms with van der Waals surface area (Å²) in [5.74, 6) is -0.717. The third-order valence-corrected chi connectivity index (χ3v) is 5.76. The smallest absolute Gasteiger partial charge is 0.258 e. The molecular formula is C24H28N4O2. The number of hydrogen-bond acceptors (Lipinski definition) is 5. The predicted octanol–water partition coefficient (Wildman–Crippen LogP) is 2.31. The van der Waals surface area contributed by atoms with E-state index in [0.717, 1.165) is 55.1 Å². The number of likely N-dealkylation sites (N-methyl/N-ethyl adjacent to an activating group) is 1. The molecule has 30 heavy (non-hydrogen) atoms. The van der Waals surface area contributed by atoms with E-state index >= 15 is 0 Å². The number of nitrogens with zero attached hydrogens (tertiary/aromatic N) is 2. The minimum Gasteiger partial charge on any atom is -0.380 e. The van der Waals surface area contributed by atoms with Gasteiger partial charge in [0.1, 0.15) is 0 Å². The average Bonchev–Trinajstić information content (AvgIpc) is 2.74. The van der Waals surface area contributed by atoms with Crippen LogP contribution in [0.15, 0.2) is 42.5 Å². The number of nitrogens with one attached hydrogen (secondary N) is 2. The van der Waals surface area contributed by atoms with Crippen LogP contribution in [0, 0.1) is 0 Å². The molecule has 0 bridgehead atoms. The van der Waals surface area contributed by atoms with Crippen LogP contribution in [0.1, 0.15) is 39.5 Å². The zero-order valence-corrected chi connectivity index (χ0v) is 17.6. The Labute approximate surface area is 177 Å². The second kappa shape index (κ2) is 8.81. The van der Waals surface area contributed by atoms with Crippen LogP contribution in [0.2, 0.25) is 0 Å². The molecule has 2 amide bonds. The first-order valence-corrected chi connectivity index (χ1v) is 10.4. The molecule has 0 saturated carbocycles. The zero-order valence-electron chi connectivity index (χ0n) is 17.6. The lowest BCUT2D eigenvalue weighted by molar-refractivity contribution is -0.118. The predicted molar refractivity (Wildman–Crippen MR) is 119 cm³/mol. The summed E-state index contributed by atoms with van der Waals surface area (Å²) < 4.78 is 0. The molecule has 2 N–H and O–H groups in total. The number of carbonyl (C=O) groups is 2. The van der Waals surface area contributed by atoms with E-state index in [2.05, 4.69) is 51.7 Å². The Morgan fingerprint density at radius 2 is 1.77 bits per heavy atom. The molecule has 156 valence electrons. The lowest BCUT2D eigenvalue weighted by Crippen LogP contribution is -2.43. The van der Waals surface area contributed by atoms with E-state index in [0.29, 0.717) is 12.1 Å². The lowest BCUT2D eigenvalue weighted by atomic mass is 9.94. The van der Waals surface area contributed by atoms with Crippen molar-refractivity contribution in [3.05, 3.63) is 70.3 Å². The maximum Gasteiger partial charge on any atom is 0.258 e. The molecule has 2 aromatic rings. The van der Waals surface area contributed by atoms with Gasteiger partial charge in [0.25, 0.3) is 5.91 Å². The molecule has 1 fully saturated rings. The van der Waals surface area contributed by atoms with Gasteiger partial charge < -0.3 is 10.2 Å². The number of fused-ring (bicyclic) bond motifs is 1. The van der Waals surface area contributed by atoms with Gasteiger partial charge in [-0.15, -0.1) is 0 Å². The molecule has 0 radical (unpaired) electrons. The third-order valence-electron chi connectivity index (χ3n) is 5.76. The Balaban J connectivity index is 1.52. The van der Waals surface area contributed by atoms with Gasteiger partial charge in [-0.3, -0.25) is 19.8 Å². The molecule has 4 rings (SSSR count). The summed E-state index contributed by atoms with van der Waals surface area (Å²) in [4.78, 5) is 28.6. The van der Waals surface area contributed by atoms with Crippen molar-refractivity contribution in [2.45, 2.75) is 20.0 Å². The molecule has 2 aliphatic heterocycles. The summed E-state index contributed by atoms with van der Waals surface area (Å²) in [5, 5.41) is 5.83. The van der Waals surface area contributed by atoms with Gasteiger partial charge in [0.2, 0.25) is 5.91 Å². The number of rotatable bonds is 4. The van der Waals surface area contributed by atoms with Crippen LogP contribution < -0.4 is 10.6 Å². The molecule has 2 aliphatic rings. The van der Waals surface area contributed by atoms with Crippen LogP contribution in [0.25, 0.3) is 11.8 Å². The largest absolute Gasteiger partial charge is 0.380 e. The van der Waals surface area contributed by atoms with Gasteiger partial charge in [0.05, 0.1) is 0 Å². The minimum atomic E-state index is -0.362. The normalized spacial score (nSPS) is 16.9.